The predicted octanol–water partition coefficient (Wildman–Crippen LogP) is 1.92. The Kier molecular flexibility index (Phi) is 2.90. The second-order valence-electron chi connectivity index (χ2n) is 3.59. The first-order valence-corrected chi connectivity index (χ1v) is 5.04. The van der Waals surface area contributed by atoms with Crippen molar-refractivity contribution in [1.29, 1.82) is 0 Å². The molecule has 0 aromatic carbocycles. The molecule has 2 rings (SSSR count). The van der Waals surface area contributed by atoms with Crippen molar-refractivity contribution in [3.8, 4) is 0 Å². The Labute approximate surface area is 92.0 Å². The number of allylic oxidation sites excluding steroid dienone is 2. The molecular formula is C12H10FNO2. The number of pyridine rings is 1. The molecule has 1 aromatic heterocycles. The molecule has 0 amide bonds. The lowest BCUT2D eigenvalue weighted by molar-refractivity contribution is 0.0990. The van der Waals surface area contributed by atoms with Crippen molar-refractivity contribution < 1.29 is 14.0 Å². The van der Waals surface area contributed by atoms with Gasteiger partial charge in [0.1, 0.15) is 5.69 Å². The SMILES string of the molecule is O=C1C=CC(=O)c2ncc(CCCF)cc21. The summed E-state index contributed by atoms with van der Waals surface area (Å²) in [4.78, 5) is 26.9. The summed E-state index contributed by atoms with van der Waals surface area (Å²) in [6.07, 6.45) is 4.92. The number of alkyl halides is 1. The smallest absolute Gasteiger partial charge is 0.205 e. The van der Waals surface area contributed by atoms with E-state index >= 15 is 0 Å². The highest BCUT2D eigenvalue weighted by molar-refractivity contribution is 6.21. The molecule has 0 atom stereocenters. The van der Waals surface area contributed by atoms with Gasteiger partial charge >= 0.3 is 0 Å². The molecule has 0 saturated heterocycles. The molecule has 3 nitrogen and oxygen atoms in total. The molecule has 4 heteroatoms. The minimum Gasteiger partial charge on any atom is -0.289 e. The van der Waals surface area contributed by atoms with Gasteiger partial charge in [-0.15, -0.1) is 0 Å². The monoisotopic (exact) mass is 219 g/mol. The van der Waals surface area contributed by atoms with Crippen LogP contribution in [0.2, 0.25) is 0 Å². The van der Waals surface area contributed by atoms with Crippen molar-refractivity contribution in [3.63, 3.8) is 0 Å². The van der Waals surface area contributed by atoms with Crippen LogP contribution in [0.15, 0.2) is 24.4 Å². The van der Waals surface area contributed by atoms with Gasteiger partial charge in [-0.25, -0.2) is 0 Å². The van der Waals surface area contributed by atoms with Crippen LogP contribution in [-0.2, 0) is 6.42 Å². The molecule has 0 unspecified atom stereocenters. The Balaban J connectivity index is 2.35. The summed E-state index contributed by atoms with van der Waals surface area (Å²) in [5, 5.41) is 0. The molecule has 0 saturated carbocycles. The molecule has 16 heavy (non-hydrogen) atoms. The van der Waals surface area contributed by atoms with Crippen LogP contribution in [0, 0.1) is 0 Å². The second kappa shape index (κ2) is 4.35. The standard InChI is InChI=1S/C12H10FNO2/c13-5-1-2-8-6-9-10(15)3-4-11(16)12(9)14-7-8/h3-4,6-7H,1-2,5H2. The van der Waals surface area contributed by atoms with Gasteiger partial charge in [-0.1, -0.05) is 0 Å². The number of carbonyl (C=O) groups excluding carboxylic acids is 2. The van der Waals surface area contributed by atoms with E-state index in [1.165, 1.54) is 18.3 Å². The van der Waals surface area contributed by atoms with E-state index in [4.69, 9.17) is 0 Å². The van der Waals surface area contributed by atoms with Crippen LogP contribution in [0.1, 0.15) is 32.8 Å². The number of fused-ring (bicyclic) bond motifs is 1. The number of rotatable bonds is 3. The van der Waals surface area contributed by atoms with Gasteiger partial charge in [0.25, 0.3) is 0 Å². The first-order chi connectivity index (χ1) is 7.72. The summed E-state index contributed by atoms with van der Waals surface area (Å²) in [6.45, 7) is -0.399. The third-order valence-corrected chi connectivity index (χ3v) is 2.43. The average molecular weight is 219 g/mol. The summed E-state index contributed by atoms with van der Waals surface area (Å²) in [7, 11) is 0. The van der Waals surface area contributed by atoms with Gasteiger partial charge in [0.2, 0.25) is 5.78 Å². The minimum atomic E-state index is -0.399. The zero-order valence-corrected chi connectivity index (χ0v) is 8.57. The molecule has 0 bridgehead atoms. The van der Waals surface area contributed by atoms with E-state index in [-0.39, 0.29) is 17.3 Å². The van der Waals surface area contributed by atoms with Crippen molar-refractivity contribution in [3.05, 3.63) is 41.2 Å². The molecular weight excluding hydrogens is 209 g/mol. The third kappa shape index (κ3) is 1.91. The first-order valence-electron chi connectivity index (χ1n) is 5.04. The van der Waals surface area contributed by atoms with Gasteiger partial charge < -0.3 is 0 Å². The van der Waals surface area contributed by atoms with Crippen LogP contribution >= 0.6 is 0 Å². The van der Waals surface area contributed by atoms with Crippen LogP contribution in [0.5, 0.6) is 0 Å². The van der Waals surface area contributed by atoms with Crippen molar-refractivity contribution >= 4 is 11.6 Å². The van der Waals surface area contributed by atoms with E-state index < -0.39 is 6.67 Å². The number of aryl methyl sites for hydroxylation is 1. The van der Waals surface area contributed by atoms with E-state index in [2.05, 4.69) is 4.98 Å². The maximum atomic E-state index is 12.0. The molecule has 1 aliphatic carbocycles. The highest BCUT2D eigenvalue weighted by Gasteiger charge is 2.20. The van der Waals surface area contributed by atoms with Crippen LogP contribution < -0.4 is 0 Å². The zero-order chi connectivity index (χ0) is 11.5. The van der Waals surface area contributed by atoms with Crippen molar-refractivity contribution in [2.24, 2.45) is 0 Å². The highest BCUT2D eigenvalue weighted by Crippen LogP contribution is 2.16. The normalized spacial score (nSPS) is 14.1. The first kappa shape index (κ1) is 10.7. The van der Waals surface area contributed by atoms with Gasteiger partial charge in [-0.2, -0.15) is 0 Å². The third-order valence-electron chi connectivity index (χ3n) is 2.43. The van der Waals surface area contributed by atoms with E-state index in [1.54, 1.807) is 6.07 Å². The summed E-state index contributed by atoms with van der Waals surface area (Å²) >= 11 is 0. The van der Waals surface area contributed by atoms with E-state index in [0.29, 0.717) is 18.4 Å². The van der Waals surface area contributed by atoms with Gasteiger partial charge in [0, 0.05) is 6.20 Å². The molecule has 0 spiro atoms. The van der Waals surface area contributed by atoms with Crippen LogP contribution in [0.3, 0.4) is 0 Å². The lowest BCUT2D eigenvalue weighted by atomic mass is 9.97. The molecule has 1 heterocycles. The average Bonchev–Trinajstić information content (AvgIpc) is 2.31. The summed E-state index contributed by atoms with van der Waals surface area (Å²) in [5.74, 6) is -0.476. The number of aromatic nitrogens is 1. The van der Waals surface area contributed by atoms with Crippen molar-refractivity contribution in [2.75, 3.05) is 6.67 Å². The Hall–Kier alpha value is -1.84. The fourth-order valence-electron chi connectivity index (χ4n) is 1.62. The number of ketones is 2. The topological polar surface area (TPSA) is 47.0 Å². The Morgan fingerprint density at radius 3 is 2.69 bits per heavy atom. The second-order valence-corrected chi connectivity index (χ2v) is 3.59. The maximum absolute atomic E-state index is 12.0. The Bertz CT molecular complexity index is 480. The van der Waals surface area contributed by atoms with Crippen LogP contribution in [-0.4, -0.2) is 23.2 Å². The molecule has 0 aliphatic heterocycles. The molecule has 1 aromatic rings. The van der Waals surface area contributed by atoms with Gasteiger partial charge in [0.05, 0.1) is 12.2 Å². The molecule has 0 radical (unpaired) electrons. The van der Waals surface area contributed by atoms with Crippen molar-refractivity contribution in [1.82, 2.24) is 4.98 Å². The van der Waals surface area contributed by atoms with Gasteiger partial charge in [-0.3, -0.25) is 19.0 Å². The lowest BCUT2D eigenvalue weighted by Crippen LogP contribution is -2.14. The van der Waals surface area contributed by atoms with Crippen LogP contribution in [0.25, 0.3) is 0 Å². The summed E-state index contributed by atoms with van der Waals surface area (Å²) in [6, 6.07) is 1.63. The van der Waals surface area contributed by atoms with E-state index in [1.807, 2.05) is 0 Å². The maximum Gasteiger partial charge on any atom is 0.205 e. The summed E-state index contributed by atoms with van der Waals surface area (Å²) in [5.41, 5.74) is 1.30. The Morgan fingerprint density at radius 1 is 1.19 bits per heavy atom. The number of nitrogens with zero attached hydrogens (tertiary/aromatic N) is 1. The highest BCUT2D eigenvalue weighted by atomic mass is 19.1. The lowest BCUT2D eigenvalue weighted by Gasteiger charge is -2.09. The van der Waals surface area contributed by atoms with Crippen LogP contribution in [0.4, 0.5) is 4.39 Å². The number of halogens is 1. The molecule has 0 N–H and O–H groups in total. The molecule has 82 valence electrons. The Morgan fingerprint density at radius 2 is 1.94 bits per heavy atom. The zero-order valence-electron chi connectivity index (χ0n) is 8.57. The van der Waals surface area contributed by atoms with E-state index in [9.17, 15) is 14.0 Å². The van der Waals surface area contributed by atoms with Gasteiger partial charge in [0.15, 0.2) is 5.78 Å². The quantitative estimate of drug-likeness (QED) is 0.780. The minimum absolute atomic E-state index is 0.191. The van der Waals surface area contributed by atoms with Crippen molar-refractivity contribution in [2.45, 2.75) is 12.8 Å². The van der Waals surface area contributed by atoms with E-state index in [0.717, 1.165) is 5.56 Å². The molecule has 1 aliphatic rings. The number of hydrogen-bond acceptors (Lipinski definition) is 3. The fraction of sp³-hybridized carbons (Fsp3) is 0.250. The molecule has 0 fully saturated rings. The number of carbonyl (C=O) groups is 2. The summed E-state index contributed by atoms with van der Waals surface area (Å²) < 4.78 is 12.0. The number of hydrogen-bond donors (Lipinski definition) is 0. The fourth-order valence-corrected chi connectivity index (χ4v) is 1.62. The van der Waals surface area contributed by atoms with Gasteiger partial charge in [-0.05, 0) is 36.6 Å². The largest absolute Gasteiger partial charge is 0.289 e. The predicted molar refractivity (Wildman–Crippen MR) is 56.3 cm³/mol.